The normalized spacial score (nSPS) is 36.7. The van der Waals surface area contributed by atoms with Crippen molar-refractivity contribution in [1.82, 2.24) is 4.31 Å². The van der Waals surface area contributed by atoms with Gasteiger partial charge in [0, 0.05) is 11.4 Å². The van der Waals surface area contributed by atoms with E-state index < -0.39 is 11.4 Å². The molecule has 0 aromatic heterocycles. The highest BCUT2D eigenvalue weighted by molar-refractivity contribution is 7.90. The fourth-order valence-corrected chi connectivity index (χ4v) is 3.99. The Morgan fingerprint density at radius 1 is 1.38 bits per heavy atom. The lowest BCUT2D eigenvalue weighted by Crippen LogP contribution is -2.36. The summed E-state index contributed by atoms with van der Waals surface area (Å²) in [5, 5.41) is 0. The SMILES string of the molecule is CC(=O)[C@@H]1[C@H](C2CCC2)N1[S@@+]([O-])C(C)(C)C. The lowest BCUT2D eigenvalue weighted by Gasteiger charge is -2.28. The first-order valence-electron chi connectivity index (χ1n) is 6.05. The molecule has 2 rings (SSSR count). The number of carbonyl (C=O) groups excluding carboxylic acids is 1. The Balaban J connectivity index is 2.06. The van der Waals surface area contributed by atoms with Crippen molar-refractivity contribution in [2.24, 2.45) is 5.92 Å². The Labute approximate surface area is 101 Å². The molecule has 4 heteroatoms. The third-order valence-corrected chi connectivity index (χ3v) is 5.47. The minimum atomic E-state index is -1.03. The van der Waals surface area contributed by atoms with Crippen molar-refractivity contribution in [3.05, 3.63) is 0 Å². The van der Waals surface area contributed by atoms with E-state index in [2.05, 4.69) is 0 Å². The maximum Gasteiger partial charge on any atom is 0.153 e. The monoisotopic (exact) mass is 243 g/mol. The molecule has 1 heterocycles. The average Bonchev–Trinajstić information content (AvgIpc) is 2.73. The van der Waals surface area contributed by atoms with Crippen LogP contribution in [0.15, 0.2) is 0 Å². The Morgan fingerprint density at radius 2 is 1.94 bits per heavy atom. The quantitative estimate of drug-likeness (QED) is 0.561. The molecule has 2 aliphatic rings. The molecular weight excluding hydrogens is 222 g/mol. The number of hydrogen-bond donors (Lipinski definition) is 0. The average molecular weight is 243 g/mol. The van der Waals surface area contributed by atoms with Crippen molar-refractivity contribution < 1.29 is 9.35 Å². The zero-order chi connectivity index (χ0) is 12.1. The molecule has 0 spiro atoms. The molecule has 0 aromatic carbocycles. The van der Waals surface area contributed by atoms with Crippen LogP contribution in [0.25, 0.3) is 0 Å². The van der Waals surface area contributed by atoms with Crippen LogP contribution < -0.4 is 0 Å². The van der Waals surface area contributed by atoms with Gasteiger partial charge in [0.1, 0.15) is 10.8 Å². The minimum absolute atomic E-state index is 0.0645. The zero-order valence-corrected chi connectivity index (χ0v) is 11.3. The topological polar surface area (TPSA) is 43.1 Å². The second-order valence-corrected chi connectivity index (χ2v) is 8.10. The lowest BCUT2D eigenvalue weighted by atomic mass is 9.81. The van der Waals surface area contributed by atoms with Crippen LogP contribution in [0.5, 0.6) is 0 Å². The minimum Gasteiger partial charge on any atom is -0.597 e. The molecule has 92 valence electrons. The molecule has 1 aliphatic carbocycles. The molecule has 2 fully saturated rings. The van der Waals surface area contributed by atoms with Gasteiger partial charge in [-0.25, -0.2) is 0 Å². The number of nitrogens with zero attached hydrogens (tertiary/aromatic N) is 1. The van der Waals surface area contributed by atoms with Gasteiger partial charge in [0.25, 0.3) is 0 Å². The third-order valence-electron chi connectivity index (χ3n) is 3.57. The van der Waals surface area contributed by atoms with Crippen LogP contribution in [0.2, 0.25) is 0 Å². The summed E-state index contributed by atoms with van der Waals surface area (Å²) in [6, 6.07) is 0.205. The van der Waals surface area contributed by atoms with E-state index in [1.54, 1.807) is 6.92 Å². The molecular formula is C12H21NO2S. The van der Waals surface area contributed by atoms with Gasteiger partial charge < -0.3 is 4.55 Å². The fourth-order valence-electron chi connectivity index (χ4n) is 2.43. The van der Waals surface area contributed by atoms with E-state index in [0.717, 1.165) is 0 Å². The maximum absolute atomic E-state index is 12.3. The van der Waals surface area contributed by atoms with Crippen molar-refractivity contribution in [2.45, 2.75) is 63.8 Å². The molecule has 0 N–H and O–H groups in total. The number of Topliss-reactive ketones (excluding diaryl/α,β-unsaturated/α-hetero) is 1. The van der Waals surface area contributed by atoms with Gasteiger partial charge in [-0.05, 0) is 46.5 Å². The van der Waals surface area contributed by atoms with Gasteiger partial charge in [0.2, 0.25) is 0 Å². The van der Waals surface area contributed by atoms with Crippen LogP contribution in [0.3, 0.4) is 0 Å². The van der Waals surface area contributed by atoms with Gasteiger partial charge in [0.15, 0.2) is 5.78 Å². The van der Waals surface area contributed by atoms with Crippen molar-refractivity contribution >= 4 is 17.1 Å². The summed E-state index contributed by atoms with van der Waals surface area (Å²) in [5.41, 5.74) is 0. The van der Waals surface area contributed by atoms with Gasteiger partial charge in [-0.3, -0.25) is 4.79 Å². The zero-order valence-electron chi connectivity index (χ0n) is 10.5. The van der Waals surface area contributed by atoms with Crippen LogP contribution in [0, 0.1) is 5.92 Å². The summed E-state index contributed by atoms with van der Waals surface area (Å²) in [5.74, 6) is 0.787. The predicted molar refractivity (Wildman–Crippen MR) is 65.3 cm³/mol. The van der Waals surface area contributed by atoms with Gasteiger partial charge in [-0.15, -0.1) is 4.31 Å². The summed E-state index contributed by atoms with van der Waals surface area (Å²) in [6.45, 7) is 7.53. The van der Waals surface area contributed by atoms with Gasteiger partial charge in [-0.1, -0.05) is 6.42 Å². The molecule has 1 unspecified atom stereocenters. The van der Waals surface area contributed by atoms with Crippen molar-refractivity contribution in [1.29, 1.82) is 0 Å². The molecule has 1 aliphatic heterocycles. The van der Waals surface area contributed by atoms with Crippen molar-refractivity contribution in [2.75, 3.05) is 0 Å². The highest BCUT2D eigenvalue weighted by Crippen LogP contribution is 2.48. The maximum atomic E-state index is 12.3. The van der Waals surface area contributed by atoms with E-state index in [1.807, 2.05) is 25.1 Å². The van der Waals surface area contributed by atoms with Crippen LogP contribution in [-0.4, -0.2) is 31.5 Å². The highest BCUT2D eigenvalue weighted by Gasteiger charge is 2.64. The van der Waals surface area contributed by atoms with Crippen LogP contribution in [-0.2, 0) is 16.2 Å². The second-order valence-electron chi connectivity index (χ2n) is 5.96. The lowest BCUT2D eigenvalue weighted by molar-refractivity contribution is -0.117. The van der Waals surface area contributed by atoms with Gasteiger partial charge in [-0.2, -0.15) is 0 Å². The number of hydrogen-bond acceptors (Lipinski definition) is 3. The van der Waals surface area contributed by atoms with Crippen LogP contribution in [0.1, 0.15) is 47.0 Å². The standard InChI is InChI=1S/C12H21NO2S/c1-8(14)10-11(9-6-5-7-9)13(10)16(15)12(2,3)4/h9-11H,5-7H2,1-4H3/t10-,11+,13?,16+/m1/s1. The van der Waals surface area contributed by atoms with Crippen molar-refractivity contribution in [3.63, 3.8) is 0 Å². The van der Waals surface area contributed by atoms with Crippen LogP contribution >= 0.6 is 0 Å². The first kappa shape index (κ1) is 12.4. The van der Waals surface area contributed by atoms with E-state index >= 15 is 0 Å². The molecule has 0 amide bonds. The van der Waals surface area contributed by atoms with E-state index in [4.69, 9.17) is 0 Å². The molecule has 3 nitrogen and oxygen atoms in total. The van der Waals surface area contributed by atoms with E-state index in [9.17, 15) is 9.35 Å². The predicted octanol–water partition coefficient (Wildman–Crippen LogP) is 1.89. The Bertz CT molecular complexity index is 296. The van der Waals surface area contributed by atoms with Crippen LogP contribution in [0.4, 0.5) is 0 Å². The summed E-state index contributed by atoms with van der Waals surface area (Å²) in [6.07, 6.45) is 3.67. The summed E-state index contributed by atoms with van der Waals surface area (Å²) >= 11 is -1.03. The largest absolute Gasteiger partial charge is 0.597 e. The Kier molecular flexibility index (Phi) is 3.10. The first-order valence-corrected chi connectivity index (χ1v) is 7.15. The van der Waals surface area contributed by atoms with E-state index in [-0.39, 0.29) is 22.6 Å². The highest BCUT2D eigenvalue weighted by atomic mass is 32.2. The second kappa shape index (κ2) is 4.00. The summed E-state index contributed by atoms with van der Waals surface area (Å²) in [7, 11) is 0. The fraction of sp³-hybridized carbons (Fsp3) is 0.917. The smallest absolute Gasteiger partial charge is 0.153 e. The molecule has 4 atom stereocenters. The number of ketones is 1. The third kappa shape index (κ3) is 2.03. The molecule has 0 radical (unpaired) electrons. The van der Waals surface area contributed by atoms with E-state index in [0.29, 0.717) is 5.92 Å². The molecule has 0 aromatic rings. The Hall–Kier alpha value is -0.0600. The molecule has 16 heavy (non-hydrogen) atoms. The number of carbonyl (C=O) groups is 1. The molecule has 0 bridgehead atoms. The molecule has 1 saturated heterocycles. The van der Waals surface area contributed by atoms with Crippen molar-refractivity contribution in [3.8, 4) is 0 Å². The summed E-state index contributed by atoms with van der Waals surface area (Å²) < 4.78 is 14.0. The first-order chi connectivity index (χ1) is 7.34. The number of rotatable bonds is 3. The summed E-state index contributed by atoms with van der Waals surface area (Å²) in [4.78, 5) is 11.5. The van der Waals surface area contributed by atoms with Gasteiger partial charge in [0.05, 0.1) is 6.04 Å². The Morgan fingerprint density at radius 3 is 2.25 bits per heavy atom. The molecule has 1 saturated carbocycles. The van der Waals surface area contributed by atoms with E-state index in [1.165, 1.54) is 19.3 Å². The van der Waals surface area contributed by atoms with Gasteiger partial charge >= 0.3 is 0 Å².